The first-order valence-electron chi connectivity index (χ1n) is 3.38. The predicted molar refractivity (Wildman–Crippen MR) is 41.4 cm³/mol. The molecule has 0 aliphatic heterocycles. The highest BCUT2D eigenvalue weighted by atomic mass is 32.1. The third-order valence-electron chi connectivity index (χ3n) is 1.12. The van der Waals surface area contributed by atoms with Crippen LogP contribution in [0.2, 0.25) is 0 Å². The summed E-state index contributed by atoms with van der Waals surface area (Å²) in [6.45, 7) is 2.91. The van der Waals surface area contributed by atoms with Crippen LogP contribution in [-0.2, 0) is 0 Å². The van der Waals surface area contributed by atoms with Crippen molar-refractivity contribution >= 4 is 11.3 Å². The number of unbranched alkanes of at least 4 members (excludes halogenated alkanes) is 1. The predicted octanol–water partition coefficient (Wildman–Crippen LogP) is 2.12. The van der Waals surface area contributed by atoms with Gasteiger partial charge in [-0.1, -0.05) is 13.3 Å². The molecule has 0 fully saturated rings. The smallest absolute Gasteiger partial charge is 0.225 e. The van der Waals surface area contributed by atoms with Crippen molar-refractivity contribution in [3.05, 3.63) is 10.9 Å². The Hall–Kier alpha value is -0.570. The first-order valence-corrected chi connectivity index (χ1v) is 4.26. The second-order valence-corrected chi connectivity index (χ2v) is 2.63. The summed E-state index contributed by atoms with van der Waals surface area (Å²) in [6.07, 6.45) is 2.26. The SMILES string of the molecule is CCCCOc1cs[c]n1. The van der Waals surface area contributed by atoms with Crippen molar-refractivity contribution in [3.63, 3.8) is 0 Å². The Morgan fingerprint density at radius 1 is 1.80 bits per heavy atom. The van der Waals surface area contributed by atoms with Crippen LogP contribution in [0, 0.1) is 5.51 Å². The third-order valence-corrected chi connectivity index (χ3v) is 1.63. The van der Waals surface area contributed by atoms with Crippen molar-refractivity contribution in [2.24, 2.45) is 0 Å². The van der Waals surface area contributed by atoms with Gasteiger partial charge in [0.25, 0.3) is 0 Å². The van der Waals surface area contributed by atoms with Gasteiger partial charge in [-0.3, -0.25) is 0 Å². The first kappa shape index (κ1) is 7.54. The largest absolute Gasteiger partial charge is 0.477 e. The highest BCUT2D eigenvalue weighted by Gasteiger charge is 1.92. The molecule has 1 rings (SSSR count). The molecular weight excluding hydrogens is 146 g/mol. The van der Waals surface area contributed by atoms with E-state index in [0.29, 0.717) is 5.88 Å². The number of aromatic nitrogens is 1. The van der Waals surface area contributed by atoms with Crippen molar-refractivity contribution in [2.45, 2.75) is 19.8 Å². The molecule has 0 aliphatic rings. The molecule has 0 saturated carbocycles. The molecule has 3 heteroatoms. The Morgan fingerprint density at radius 2 is 2.70 bits per heavy atom. The average molecular weight is 156 g/mol. The summed E-state index contributed by atoms with van der Waals surface area (Å²) >= 11 is 1.44. The summed E-state index contributed by atoms with van der Waals surface area (Å²) in [5, 5.41) is 1.86. The van der Waals surface area contributed by atoms with Crippen LogP contribution in [0.25, 0.3) is 0 Å². The summed E-state index contributed by atoms with van der Waals surface area (Å²) in [5.74, 6) is 0.707. The maximum Gasteiger partial charge on any atom is 0.225 e. The Kier molecular flexibility index (Phi) is 3.22. The number of thiazole rings is 1. The summed E-state index contributed by atoms with van der Waals surface area (Å²) in [4.78, 5) is 3.86. The van der Waals surface area contributed by atoms with E-state index in [0.717, 1.165) is 19.4 Å². The molecule has 10 heavy (non-hydrogen) atoms. The molecule has 1 aromatic heterocycles. The highest BCUT2D eigenvalue weighted by molar-refractivity contribution is 7.07. The molecule has 0 atom stereocenters. The molecule has 2 nitrogen and oxygen atoms in total. The van der Waals surface area contributed by atoms with E-state index in [-0.39, 0.29) is 0 Å². The number of hydrogen-bond acceptors (Lipinski definition) is 3. The molecule has 1 aromatic rings. The second kappa shape index (κ2) is 4.28. The minimum absolute atomic E-state index is 0.707. The van der Waals surface area contributed by atoms with Crippen molar-refractivity contribution in [2.75, 3.05) is 6.61 Å². The second-order valence-electron chi connectivity index (χ2n) is 1.98. The van der Waals surface area contributed by atoms with Crippen LogP contribution in [0.5, 0.6) is 5.88 Å². The van der Waals surface area contributed by atoms with E-state index < -0.39 is 0 Å². The minimum atomic E-state index is 0.707. The number of hydrogen-bond donors (Lipinski definition) is 0. The first-order chi connectivity index (χ1) is 4.93. The maximum atomic E-state index is 5.25. The zero-order chi connectivity index (χ0) is 7.23. The van der Waals surface area contributed by atoms with E-state index in [9.17, 15) is 0 Å². The van der Waals surface area contributed by atoms with Gasteiger partial charge in [-0.2, -0.15) is 4.98 Å². The zero-order valence-electron chi connectivity index (χ0n) is 5.96. The molecule has 1 heterocycles. The third kappa shape index (κ3) is 2.35. The fraction of sp³-hybridized carbons (Fsp3) is 0.571. The summed E-state index contributed by atoms with van der Waals surface area (Å²) in [6, 6.07) is 0. The van der Waals surface area contributed by atoms with Gasteiger partial charge < -0.3 is 4.74 Å². The molecule has 1 radical (unpaired) electrons. The van der Waals surface area contributed by atoms with Crippen LogP contribution < -0.4 is 4.74 Å². The van der Waals surface area contributed by atoms with Crippen LogP contribution in [0.1, 0.15) is 19.8 Å². The topological polar surface area (TPSA) is 22.1 Å². The van der Waals surface area contributed by atoms with Crippen LogP contribution in [-0.4, -0.2) is 11.6 Å². The Balaban J connectivity index is 2.15. The van der Waals surface area contributed by atoms with Gasteiger partial charge >= 0.3 is 0 Å². The van der Waals surface area contributed by atoms with Crippen LogP contribution in [0.15, 0.2) is 5.38 Å². The molecular formula is C7H10NOS. The molecule has 0 bridgehead atoms. The molecule has 0 aromatic carbocycles. The lowest BCUT2D eigenvalue weighted by Crippen LogP contribution is -1.95. The van der Waals surface area contributed by atoms with Gasteiger partial charge in [0, 0.05) is 0 Å². The van der Waals surface area contributed by atoms with Crippen molar-refractivity contribution in [1.29, 1.82) is 0 Å². The van der Waals surface area contributed by atoms with E-state index in [4.69, 9.17) is 4.74 Å². The Labute approximate surface area is 64.9 Å². The van der Waals surface area contributed by atoms with Gasteiger partial charge in [-0.15, -0.1) is 11.3 Å². The fourth-order valence-corrected chi connectivity index (χ4v) is 0.979. The fourth-order valence-electron chi connectivity index (χ4n) is 0.562. The number of nitrogens with zero attached hydrogens (tertiary/aromatic N) is 1. The van der Waals surface area contributed by atoms with E-state index in [1.54, 1.807) is 0 Å². The lowest BCUT2D eigenvalue weighted by Gasteiger charge is -1.98. The standard InChI is InChI=1S/C7H10NOS/c1-2-3-4-9-7-5-10-6-8-7/h5H,2-4H2,1H3. The Bertz CT molecular complexity index is 162. The Morgan fingerprint density at radius 3 is 3.30 bits per heavy atom. The normalized spacial score (nSPS) is 9.70. The quantitative estimate of drug-likeness (QED) is 0.623. The summed E-state index contributed by atoms with van der Waals surface area (Å²) in [7, 11) is 0. The molecule has 0 saturated heterocycles. The highest BCUT2D eigenvalue weighted by Crippen LogP contribution is 2.08. The molecule has 0 aliphatic carbocycles. The van der Waals surface area contributed by atoms with E-state index in [2.05, 4.69) is 17.4 Å². The van der Waals surface area contributed by atoms with Crippen LogP contribution in [0.4, 0.5) is 0 Å². The van der Waals surface area contributed by atoms with Crippen molar-refractivity contribution < 1.29 is 4.74 Å². The lowest BCUT2D eigenvalue weighted by molar-refractivity contribution is 0.299. The van der Waals surface area contributed by atoms with Gasteiger partial charge in [0.2, 0.25) is 5.88 Å². The van der Waals surface area contributed by atoms with Crippen molar-refractivity contribution in [3.8, 4) is 5.88 Å². The van der Waals surface area contributed by atoms with Gasteiger partial charge in [0.1, 0.15) is 0 Å². The van der Waals surface area contributed by atoms with E-state index in [1.165, 1.54) is 11.3 Å². The molecule has 0 unspecified atom stereocenters. The van der Waals surface area contributed by atoms with E-state index in [1.807, 2.05) is 5.38 Å². The van der Waals surface area contributed by atoms with Gasteiger partial charge in [0.05, 0.1) is 12.0 Å². The molecule has 0 N–H and O–H groups in total. The number of rotatable bonds is 4. The summed E-state index contributed by atoms with van der Waals surface area (Å²) in [5.41, 5.74) is 2.72. The maximum absolute atomic E-state index is 5.25. The van der Waals surface area contributed by atoms with Gasteiger partial charge in [0.15, 0.2) is 5.51 Å². The average Bonchev–Trinajstić information content (AvgIpc) is 2.41. The minimum Gasteiger partial charge on any atom is -0.477 e. The van der Waals surface area contributed by atoms with E-state index >= 15 is 0 Å². The monoisotopic (exact) mass is 156 g/mol. The molecule has 55 valence electrons. The number of ether oxygens (including phenoxy) is 1. The zero-order valence-corrected chi connectivity index (χ0v) is 6.78. The van der Waals surface area contributed by atoms with Gasteiger partial charge in [-0.05, 0) is 6.42 Å². The molecule has 0 amide bonds. The van der Waals surface area contributed by atoms with Gasteiger partial charge in [-0.25, -0.2) is 0 Å². The van der Waals surface area contributed by atoms with Crippen LogP contribution in [0.3, 0.4) is 0 Å². The molecule has 0 spiro atoms. The lowest BCUT2D eigenvalue weighted by atomic mass is 10.4. The van der Waals surface area contributed by atoms with Crippen LogP contribution >= 0.6 is 11.3 Å². The summed E-state index contributed by atoms with van der Waals surface area (Å²) < 4.78 is 5.25. The van der Waals surface area contributed by atoms with Crippen molar-refractivity contribution in [1.82, 2.24) is 4.98 Å².